The topological polar surface area (TPSA) is 90.7 Å². The van der Waals surface area contributed by atoms with E-state index in [4.69, 9.17) is 13.9 Å². The number of thiophene rings is 1. The largest absolute Gasteiger partial charge is 0.494 e. The minimum atomic E-state index is -0.785. The zero-order valence-corrected chi connectivity index (χ0v) is 17.9. The van der Waals surface area contributed by atoms with Crippen LogP contribution in [-0.2, 0) is 16.1 Å². The van der Waals surface area contributed by atoms with Gasteiger partial charge in [0.1, 0.15) is 30.4 Å². The van der Waals surface area contributed by atoms with E-state index < -0.39 is 12.0 Å². The molecule has 1 atom stereocenters. The van der Waals surface area contributed by atoms with Gasteiger partial charge in [-0.1, -0.05) is 19.9 Å². The summed E-state index contributed by atoms with van der Waals surface area (Å²) in [5.41, 5.74) is 0.945. The summed E-state index contributed by atoms with van der Waals surface area (Å²) in [6.07, 6.45) is 1.46. The van der Waals surface area contributed by atoms with Crippen LogP contribution >= 0.6 is 11.3 Å². The molecule has 0 radical (unpaired) electrons. The first-order valence-electron chi connectivity index (χ1n) is 9.66. The van der Waals surface area contributed by atoms with E-state index in [9.17, 15) is 9.59 Å². The van der Waals surface area contributed by atoms with Gasteiger partial charge in [-0.25, -0.2) is 9.78 Å². The monoisotopic (exact) mass is 428 g/mol. The van der Waals surface area contributed by atoms with Crippen molar-refractivity contribution in [1.82, 2.24) is 10.3 Å². The third-order valence-corrected chi connectivity index (χ3v) is 5.14. The number of aromatic nitrogens is 1. The third kappa shape index (κ3) is 5.48. The van der Waals surface area contributed by atoms with Gasteiger partial charge in [-0.3, -0.25) is 4.79 Å². The Hall–Kier alpha value is -3.13. The fourth-order valence-electron chi connectivity index (χ4n) is 2.71. The SMILES string of the molecule is CCOc1ccc(C(=O)NC(C(=O)OCc2coc(-c3cccs3)n2)C(C)C)cc1. The summed E-state index contributed by atoms with van der Waals surface area (Å²) in [5.74, 6) is 0.145. The number of benzene rings is 1. The van der Waals surface area contributed by atoms with E-state index in [0.29, 0.717) is 29.5 Å². The lowest BCUT2D eigenvalue weighted by molar-refractivity contribution is -0.148. The van der Waals surface area contributed by atoms with E-state index in [0.717, 1.165) is 4.88 Å². The molecule has 1 amide bonds. The summed E-state index contributed by atoms with van der Waals surface area (Å²) in [6, 6.07) is 9.78. The average molecular weight is 429 g/mol. The molecule has 30 heavy (non-hydrogen) atoms. The molecular weight excluding hydrogens is 404 g/mol. The molecule has 1 unspecified atom stereocenters. The first kappa shape index (κ1) is 21.6. The second-order valence-corrected chi connectivity index (χ2v) is 7.83. The summed E-state index contributed by atoms with van der Waals surface area (Å²) < 4.78 is 16.2. The number of carbonyl (C=O) groups excluding carboxylic acids is 2. The van der Waals surface area contributed by atoms with Crippen LogP contribution in [0.5, 0.6) is 5.75 Å². The second kappa shape index (κ2) is 10.1. The van der Waals surface area contributed by atoms with Crippen molar-refractivity contribution >= 4 is 23.2 Å². The number of oxazole rings is 1. The van der Waals surface area contributed by atoms with Gasteiger partial charge in [0.2, 0.25) is 5.89 Å². The van der Waals surface area contributed by atoms with Gasteiger partial charge in [0, 0.05) is 5.56 Å². The molecule has 2 heterocycles. The molecule has 0 spiro atoms. The van der Waals surface area contributed by atoms with Crippen molar-refractivity contribution in [1.29, 1.82) is 0 Å². The third-order valence-electron chi connectivity index (χ3n) is 4.28. The van der Waals surface area contributed by atoms with Crippen LogP contribution < -0.4 is 10.1 Å². The molecule has 0 aliphatic rings. The van der Waals surface area contributed by atoms with Gasteiger partial charge in [-0.2, -0.15) is 0 Å². The smallest absolute Gasteiger partial charge is 0.329 e. The van der Waals surface area contributed by atoms with E-state index in [2.05, 4.69) is 10.3 Å². The van der Waals surface area contributed by atoms with Crippen LogP contribution in [0.2, 0.25) is 0 Å². The standard InChI is InChI=1S/C22H24N2O5S/c1-4-27-17-9-7-15(8-10-17)20(25)24-19(14(2)3)22(26)29-13-16-12-28-21(23-16)18-6-5-11-30-18/h5-12,14,19H,4,13H2,1-3H3,(H,24,25). The number of carbonyl (C=O) groups is 2. The maximum Gasteiger partial charge on any atom is 0.329 e. The van der Waals surface area contributed by atoms with E-state index in [1.165, 1.54) is 17.6 Å². The quantitative estimate of drug-likeness (QED) is 0.511. The predicted octanol–water partition coefficient (Wildman–Crippen LogP) is 4.30. The molecule has 0 bridgehead atoms. The molecule has 7 nitrogen and oxygen atoms in total. The molecule has 2 aromatic heterocycles. The summed E-state index contributed by atoms with van der Waals surface area (Å²) in [4.78, 5) is 30.4. The van der Waals surface area contributed by atoms with Crippen molar-refractivity contribution in [3.05, 3.63) is 59.3 Å². The van der Waals surface area contributed by atoms with Crippen molar-refractivity contribution in [2.75, 3.05) is 6.61 Å². The number of nitrogens with zero attached hydrogens (tertiary/aromatic N) is 1. The number of amides is 1. The van der Waals surface area contributed by atoms with Crippen LogP contribution in [0.3, 0.4) is 0 Å². The van der Waals surface area contributed by atoms with Crippen molar-refractivity contribution in [3.63, 3.8) is 0 Å². The second-order valence-electron chi connectivity index (χ2n) is 6.88. The molecule has 1 N–H and O–H groups in total. The Morgan fingerprint density at radius 1 is 1.20 bits per heavy atom. The first-order chi connectivity index (χ1) is 14.5. The molecule has 3 aromatic rings. The highest BCUT2D eigenvalue weighted by molar-refractivity contribution is 7.13. The zero-order valence-electron chi connectivity index (χ0n) is 17.1. The van der Waals surface area contributed by atoms with Crippen molar-refractivity contribution < 1.29 is 23.5 Å². The van der Waals surface area contributed by atoms with Crippen molar-refractivity contribution in [3.8, 4) is 16.5 Å². The fraction of sp³-hybridized carbons (Fsp3) is 0.318. The maximum atomic E-state index is 12.6. The summed E-state index contributed by atoms with van der Waals surface area (Å²) in [5, 5.41) is 4.68. The normalized spacial score (nSPS) is 11.9. The van der Waals surface area contributed by atoms with Crippen LogP contribution in [0.4, 0.5) is 0 Å². The minimum Gasteiger partial charge on any atom is -0.494 e. The lowest BCUT2D eigenvalue weighted by Crippen LogP contribution is -2.45. The Bertz CT molecular complexity index is 964. The summed E-state index contributed by atoms with van der Waals surface area (Å²) in [7, 11) is 0. The van der Waals surface area contributed by atoms with Crippen LogP contribution in [0, 0.1) is 5.92 Å². The molecule has 158 valence electrons. The molecule has 0 saturated carbocycles. The highest BCUT2D eigenvalue weighted by Crippen LogP contribution is 2.24. The fourth-order valence-corrected chi connectivity index (χ4v) is 3.37. The summed E-state index contributed by atoms with van der Waals surface area (Å²) >= 11 is 1.51. The van der Waals surface area contributed by atoms with E-state index in [1.807, 2.05) is 38.3 Å². The molecular formula is C22H24N2O5S. The zero-order chi connectivity index (χ0) is 21.5. The van der Waals surface area contributed by atoms with Gasteiger partial charge in [0.15, 0.2) is 0 Å². The number of nitrogens with one attached hydrogen (secondary N) is 1. The van der Waals surface area contributed by atoms with Gasteiger partial charge in [-0.15, -0.1) is 11.3 Å². The predicted molar refractivity (Wildman–Crippen MR) is 113 cm³/mol. The molecule has 0 fully saturated rings. The lowest BCUT2D eigenvalue weighted by atomic mass is 10.0. The van der Waals surface area contributed by atoms with E-state index >= 15 is 0 Å². The lowest BCUT2D eigenvalue weighted by Gasteiger charge is -2.20. The molecule has 8 heteroatoms. The molecule has 0 aliphatic heterocycles. The van der Waals surface area contributed by atoms with Gasteiger partial charge >= 0.3 is 5.97 Å². The number of esters is 1. The Kier molecular flexibility index (Phi) is 7.24. The van der Waals surface area contributed by atoms with Gasteiger partial charge in [0.05, 0.1) is 11.5 Å². The Balaban J connectivity index is 1.58. The molecule has 0 aliphatic carbocycles. The maximum absolute atomic E-state index is 12.6. The highest BCUT2D eigenvalue weighted by atomic mass is 32.1. The van der Waals surface area contributed by atoms with Crippen LogP contribution in [0.1, 0.15) is 36.8 Å². The van der Waals surface area contributed by atoms with Crippen LogP contribution in [0.15, 0.2) is 52.5 Å². The first-order valence-corrected chi connectivity index (χ1v) is 10.5. The van der Waals surface area contributed by atoms with Crippen LogP contribution in [0.25, 0.3) is 10.8 Å². The van der Waals surface area contributed by atoms with Gasteiger partial charge in [0.25, 0.3) is 5.91 Å². The average Bonchev–Trinajstić information content (AvgIpc) is 3.42. The van der Waals surface area contributed by atoms with Crippen molar-refractivity contribution in [2.24, 2.45) is 5.92 Å². The number of ether oxygens (including phenoxy) is 2. The van der Waals surface area contributed by atoms with Crippen molar-refractivity contribution in [2.45, 2.75) is 33.4 Å². The molecule has 3 rings (SSSR count). The number of hydrogen-bond donors (Lipinski definition) is 1. The van der Waals surface area contributed by atoms with Gasteiger partial charge < -0.3 is 19.2 Å². The van der Waals surface area contributed by atoms with E-state index in [-0.39, 0.29) is 18.4 Å². The number of rotatable bonds is 9. The summed E-state index contributed by atoms with van der Waals surface area (Å²) in [6.45, 7) is 6.09. The van der Waals surface area contributed by atoms with Gasteiger partial charge in [-0.05, 0) is 48.6 Å². The Morgan fingerprint density at radius 2 is 1.97 bits per heavy atom. The Labute approximate surface area is 179 Å². The van der Waals surface area contributed by atoms with Crippen LogP contribution in [-0.4, -0.2) is 29.5 Å². The highest BCUT2D eigenvalue weighted by Gasteiger charge is 2.26. The molecule has 0 saturated heterocycles. The van der Waals surface area contributed by atoms with E-state index in [1.54, 1.807) is 24.3 Å². The Morgan fingerprint density at radius 3 is 2.60 bits per heavy atom. The molecule has 1 aromatic carbocycles. The minimum absolute atomic E-state index is 0.0319. The number of hydrogen-bond acceptors (Lipinski definition) is 7.